The summed E-state index contributed by atoms with van der Waals surface area (Å²) in [5.41, 5.74) is 0. The first-order chi connectivity index (χ1) is 49.7. The van der Waals surface area contributed by atoms with E-state index in [0.29, 0.717) is 38.5 Å². The SMILES string of the molecule is CC/C=C\C/C=C\C/C=C\C/C=C\C/C=C\CCCC(=O)OCC(COP(=O)(O)OCC(O)COP(=O)(O)OCC(COC(=O)CCCCCC/C=C\C/C=C\C/C=C\C/C=C\CC)OC(=O)CCCCCCC/C=C\CCCC)OC(=O)CCC/C=C\C/C=C\C/C=C\C/C=C\C/C=C\CC. The van der Waals surface area contributed by atoms with E-state index in [1.54, 1.807) is 0 Å². The fourth-order valence-corrected chi connectivity index (χ4v) is 10.7. The number of rotatable bonds is 69. The Kier molecular flexibility index (Phi) is 69.3. The van der Waals surface area contributed by atoms with E-state index in [1.165, 1.54) is 12.8 Å². The predicted molar refractivity (Wildman–Crippen MR) is 417 cm³/mol. The zero-order chi connectivity index (χ0) is 74.6. The topological polar surface area (TPSA) is 237 Å². The average molecular weight is 1460 g/mol. The Morgan fingerprint density at radius 3 is 0.843 bits per heavy atom. The third-order valence-corrected chi connectivity index (χ3v) is 16.7. The van der Waals surface area contributed by atoms with E-state index in [9.17, 15) is 43.2 Å². The molecule has 0 aromatic rings. The van der Waals surface area contributed by atoms with E-state index in [0.717, 1.165) is 154 Å². The van der Waals surface area contributed by atoms with Crippen molar-refractivity contribution in [2.24, 2.45) is 0 Å². The molecular formula is C83H132O17P2. The molecule has 0 aromatic carbocycles. The van der Waals surface area contributed by atoms with Gasteiger partial charge in [-0.2, -0.15) is 0 Å². The molecule has 0 saturated carbocycles. The summed E-state index contributed by atoms with van der Waals surface area (Å²) in [6.07, 6.45) is 87.6. The monoisotopic (exact) mass is 1460 g/mol. The number of hydrogen-bond acceptors (Lipinski definition) is 15. The highest BCUT2D eigenvalue weighted by Gasteiger charge is 2.30. The van der Waals surface area contributed by atoms with Crippen molar-refractivity contribution in [2.75, 3.05) is 39.6 Å². The molecule has 17 nitrogen and oxygen atoms in total. The lowest BCUT2D eigenvalue weighted by atomic mass is 10.1. The van der Waals surface area contributed by atoms with Gasteiger partial charge in [-0.05, 0) is 161 Å². The number of phosphoric acid groups is 2. The van der Waals surface area contributed by atoms with E-state index in [1.807, 2.05) is 24.3 Å². The molecule has 5 unspecified atom stereocenters. The number of carbonyl (C=O) groups excluding carboxylic acids is 4. The minimum atomic E-state index is -5.01. The lowest BCUT2D eigenvalue weighted by Crippen LogP contribution is -2.30. The number of esters is 4. The van der Waals surface area contributed by atoms with E-state index >= 15 is 0 Å². The second kappa shape index (κ2) is 73.5. The first-order valence-electron chi connectivity index (χ1n) is 38.0. The molecule has 0 heterocycles. The Hall–Kier alpha value is -5.84. The van der Waals surface area contributed by atoms with E-state index in [2.05, 4.69) is 186 Å². The molecule has 0 bridgehead atoms. The van der Waals surface area contributed by atoms with Crippen LogP contribution in [0.4, 0.5) is 0 Å². The Labute approximate surface area is 615 Å². The smallest absolute Gasteiger partial charge is 0.462 e. The third kappa shape index (κ3) is 72.5. The molecule has 5 atom stereocenters. The highest BCUT2D eigenvalue weighted by atomic mass is 31.2. The fourth-order valence-electron chi connectivity index (χ4n) is 9.14. The van der Waals surface area contributed by atoms with Crippen LogP contribution in [0.5, 0.6) is 0 Å². The van der Waals surface area contributed by atoms with Crippen LogP contribution in [-0.2, 0) is 65.4 Å². The van der Waals surface area contributed by atoms with Gasteiger partial charge in [0.1, 0.15) is 19.3 Å². The quantitative estimate of drug-likeness (QED) is 0.0169. The number of aliphatic hydroxyl groups excluding tert-OH is 1. The van der Waals surface area contributed by atoms with Gasteiger partial charge in [-0.3, -0.25) is 37.3 Å². The number of carbonyl (C=O) groups is 4. The number of allylic oxidation sites excluding steroid dienone is 30. The van der Waals surface area contributed by atoms with Crippen LogP contribution in [0.25, 0.3) is 0 Å². The molecule has 102 heavy (non-hydrogen) atoms. The molecule has 0 aliphatic rings. The van der Waals surface area contributed by atoms with Gasteiger partial charge in [0.05, 0.1) is 26.4 Å². The molecular weight excluding hydrogens is 1330 g/mol. The minimum absolute atomic E-state index is 0.00347. The number of aliphatic hydroxyl groups is 1. The maximum Gasteiger partial charge on any atom is 0.472 e. The molecule has 576 valence electrons. The summed E-state index contributed by atoms with van der Waals surface area (Å²) in [4.78, 5) is 72.8. The van der Waals surface area contributed by atoms with Crippen LogP contribution < -0.4 is 0 Å². The Morgan fingerprint density at radius 2 is 0.520 bits per heavy atom. The van der Waals surface area contributed by atoms with Crippen molar-refractivity contribution in [1.82, 2.24) is 0 Å². The largest absolute Gasteiger partial charge is 0.472 e. The average Bonchev–Trinajstić information content (AvgIpc) is 0.994. The van der Waals surface area contributed by atoms with Crippen LogP contribution in [0.3, 0.4) is 0 Å². The molecule has 0 amide bonds. The maximum absolute atomic E-state index is 13.1. The second-order valence-electron chi connectivity index (χ2n) is 24.4. The molecule has 3 N–H and O–H groups in total. The standard InChI is InChI=1S/C83H132O17P2/c1-5-9-13-17-21-25-29-32-35-38-41-44-48-51-55-59-63-67-80(85)93-73-78(99-82(87)69-65-61-57-53-47-28-24-20-16-12-8-4)75-97-101(89,90)95-71-77(84)72-96-102(91,92)98-76-79(100-83(88)70-66-62-58-54-50-46-43-40-37-34-31-27-23-19-15-11-7-3)74-94-81(86)68-64-60-56-52-49-45-42-39-36-33-30-26-22-18-14-10-6-2/h9-11,13-15,20-27,32-37,41-46,52,54,56,58,77-79,84H,5-8,12,16-19,28-31,38-40,47-51,53,55,57,59-76H2,1-4H3,(H,89,90)(H,91,92)/b13-9-,14-10-,15-11-,24-20-,25-21-,26-22-,27-23-,35-32-,36-33-,37-34-,44-41-,45-42-,46-43-,56-52-,58-54-. The molecule has 0 aromatic heterocycles. The van der Waals surface area contributed by atoms with Gasteiger partial charge in [0, 0.05) is 25.7 Å². The first kappa shape index (κ1) is 96.2. The van der Waals surface area contributed by atoms with Gasteiger partial charge in [-0.15, -0.1) is 0 Å². The fraction of sp³-hybridized carbons (Fsp3) is 0.590. The summed E-state index contributed by atoms with van der Waals surface area (Å²) in [5, 5.41) is 10.6. The lowest BCUT2D eigenvalue weighted by molar-refractivity contribution is -0.161. The summed E-state index contributed by atoms with van der Waals surface area (Å²) in [6.45, 7) is 4.28. The van der Waals surface area contributed by atoms with Crippen LogP contribution in [-0.4, -0.2) is 96.7 Å². The molecule has 0 radical (unpaired) electrons. The molecule has 0 spiro atoms. The molecule has 19 heteroatoms. The lowest BCUT2D eigenvalue weighted by Gasteiger charge is -2.21. The predicted octanol–water partition coefficient (Wildman–Crippen LogP) is 22.0. The van der Waals surface area contributed by atoms with Crippen molar-refractivity contribution in [3.8, 4) is 0 Å². The van der Waals surface area contributed by atoms with Gasteiger partial charge in [0.2, 0.25) is 0 Å². The molecule has 0 fully saturated rings. The van der Waals surface area contributed by atoms with Crippen LogP contribution in [0, 0.1) is 0 Å². The van der Waals surface area contributed by atoms with Gasteiger partial charge in [-0.1, -0.05) is 255 Å². The van der Waals surface area contributed by atoms with Crippen LogP contribution >= 0.6 is 15.6 Å². The zero-order valence-electron chi connectivity index (χ0n) is 62.7. The van der Waals surface area contributed by atoms with Crippen LogP contribution in [0.2, 0.25) is 0 Å². The Balaban J connectivity index is 5.48. The summed E-state index contributed by atoms with van der Waals surface area (Å²) in [7, 11) is -10.0. The molecule has 0 rings (SSSR count). The zero-order valence-corrected chi connectivity index (χ0v) is 64.5. The Morgan fingerprint density at radius 1 is 0.284 bits per heavy atom. The Bertz CT molecular complexity index is 2650. The van der Waals surface area contributed by atoms with Crippen molar-refractivity contribution in [3.63, 3.8) is 0 Å². The summed E-state index contributed by atoms with van der Waals surface area (Å²) in [5.74, 6) is -2.37. The number of hydrogen-bond donors (Lipinski definition) is 3. The van der Waals surface area contributed by atoms with Crippen LogP contribution in [0.15, 0.2) is 182 Å². The van der Waals surface area contributed by atoms with Gasteiger partial charge in [-0.25, -0.2) is 9.13 Å². The van der Waals surface area contributed by atoms with E-state index in [4.69, 9.17) is 37.0 Å². The summed E-state index contributed by atoms with van der Waals surface area (Å²) < 4.78 is 68.3. The highest BCUT2D eigenvalue weighted by molar-refractivity contribution is 7.47. The van der Waals surface area contributed by atoms with E-state index < -0.39 is 97.5 Å². The van der Waals surface area contributed by atoms with Gasteiger partial charge < -0.3 is 33.8 Å². The number of ether oxygens (including phenoxy) is 4. The van der Waals surface area contributed by atoms with Crippen molar-refractivity contribution in [2.45, 2.75) is 277 Å². The normalized spacial score (nSPS) is 14.9. The number of phosphoric ester groups is 2. The molecule has 0 aliphatic carbocycles. The van der Waals surface area contributed by atoms with Crippen molar-refractivity contribution < 1.29 is 80.2 Å². The molecule has 0 aliphatic heterocycles. The van der Waals surface area contributed by atoms with Crippen LogP contribution in [0.1, 0.15) is 259 Å². The van der Waals surface area contributed by atoms with Gasteiger partial charge in [0.25, 0.3) is 0 Å². The minimum Gasteiger partial charge on any atom is -0.462 e. The maximum atomic E-state index is 13.1. The summed E-state index contributed by atoms with van der Waals surface area (Å²) >= 11 is 0. The highest BCUT2D eigenvalue weighted by Crippen LogP contribution is 2.45. The first-order valence-corrected chi connectivity index (χ1v) is 41.0. The second-order valence-corrected chi connectivity index (χ2v) is 27.3. The third-order valence-electron chi connectivity index (χ3n) is 14.8. The molecule has 0 saturated heterocycles. The van der Waals surface area contributed by atoms with Gasteiger partial charge in [0.15, 0.2) is 12.2 Å². The van der Waals surface area contributed by atoms with Crippen molar-refractivity contribution in [3.05, 3.63) is 182 Å². The summed E-state index contributed by atoms with van der Waals surface area (Å²) in [6, 6.07) is 0. The van der Waals surface area contributed by atoms with Crippen molar-refractivity contribution in [1.29, 1.82) is 0 Å². The number of unbranched alkanes of at least 4 members (excludes halogenated alkanes) is 13. The van der Waals surface area contributed by atoms with Gasteiger partial charge >= 0.3 is 39.5 Å². The van der Waals surface area contributed by atoms with Crippen molar-refractivity contribution >= 4 is 39.5 Å². The van der Waals surface area contributed by atoms with E-state index in [-0.39, 0.29) is 25.7 Å².